The zero-order valence-electron chi connectivity index (χ0n) is 10.3. The molecule has 0 saturated heterocycles. The number of halogens is 2. The number of ether oxygens (including phenoxy) is 1. The number of alkyl halides is 1. The van der Waals surface area contributed by atoms with E-state index in [4.69, 9.17) is 16.3 Å². The van der Waals surface area contributed by atoms with Crippen molar-refractivity contribution < 1.29 is 4.74 Å². The van der Waals surface area contributed by atoms with Crippen LogP contribution in [0.5, 0.6) is 11.5 Å². The normalized spacial score (nSPS) is 10.4. The molecule has 18 heavy (non-hydrogen) atoms. The molecule has 0 heterocycles. The van der Waals surface area contributed by atoms with Gasteiger partial charge in [0.2, 0.25) is 0 Å². The van der Waals surface area contributed by atoms with Gasteiger partial charge in [-0.05, 0) is 48.7 Å². The average molecular weight is 326 g/mol. The molecule has 2 rings (SSSR count). The first kappa shape index (κ1) is 13.4. The summed E-state index contributed by atoms with van der Waals surface area (Å²) in [5.74, 6) is 2.19. The van der Waals surface area contributed by atoms with Crippen molar-refractivity contribution in [1.29, 1.82) is 0 Å². The van der Waals surface area contributed by atoms with E-state index in [1.54, 1.807) is 0 Å². The predicted octanol–water partition coefficient (Wildman–Crippen LogP) is 5.60. The fraction of sp³-hybridized carbons (Fsp3) is 0.200. The molecule has 3 heteroatoms. The number of hydrogen-bond donors (Lipinski definition) is 0. The smallest absolute Gasteiger partial charge is 0.130 e. The molecule has 0 fully saturated rings. The molecule has 0 N–H and O–H groups in total. The predicted molar refractivity (Wildman–Crippen MR) is 79.7 cm³/mol. The van der Waals surface area contributed by atoms with Gasteiger partial charge in [-0.1, -0.05) is 34.1 Å². The maximum absolute atomic E-state index is 5.90. The fourth-order valence-corrected chi connectivity index (χ4v) is 2.54. The van der Waals surface area contributed by atoms with E-state index in [0.717, 1.165) is 27.1 Å². The second-order valence-corrected chi connectivity index (χ2v) is 5.38. The van der Waals surface area contributed by atoms with Crippen LogP contribution in [-0.2, 0) is 5.88 Å². The average Bonchev–Trinajstić information content (AvgIpc) is 2.34. The molecule has 0 spiro atoms. The minimum atomic E-state index is 0.490. The van der Waals surface area contributed by atoms with Crippen molar-refractivity contribution >= 4 is 27.5 Å². The van der Waals surface area contributed by atoms with Crippen LogP contribution in [0.4, 0.5) is 0 Å². The second kappa shape index (κ2) is 5.77. The Hall–Kier alpha value is -0.990. The van der Waals surface area contributed by atoms with Crippen LogP contribution in [0, 0.1) is 13.8 Å². The Balaban J connectivity index is 2.28. The van der Waals surface area contributed by atoms with Gasteiger partial charge < -0.3 is 4.74 Å². The summed E-state index contributed by atoms with van der Waals surface area (Å²) in [6.45, 7) is 4.09. The Morgan fingerprint density at radius 2 is 1.89 bits per heavy atom. The van der Waals surface area contributed by atoms with Gasteiger partial charge in [0.25, 0.3) is 0 Å². The first-order valence-electron chi connectivity index (χ1n) is 5.69. The highest BCUT2D eigenvalue weighted by Gasteiger charge is 2.05. The highest BCUT2D eigenvalue weighted by atomic mass is 79.9. The molecule has 1 nitrogen and oxygen atoms in total. The molecule has 0 bridgehead atoms. The van der Waals surface area contributed by atoms with Gasteiger partial charge in [0.15, 0.2) is 0 Å². The largest absolute Gasteiger partial charge is 0.457 e. The third kappa shape index (κ3) is 3.06. The lowest BCUT2D eigenvalue weighted by Gasteiger charge is -2.11. The van der Waals surface area contributed by atoms with E-state index in [1.165, 1.54) is 5.56 Å². The van der Waals surface area contributed by atoms with Crippen molar-refractivity contribution in [2.75, 3.05) is 0 Å². The molecule has 0 radical (unpaired) electrons. The number of aryl methyl sites for hydroxylation is 2. The summed E-state index contributed by atoms with van der Waals surface area (Å²) in [4.78, 5) is 0. The monoisotopic (exact) mass is 324 g/mol. The fourth-order valence-electron chi connectivity index (χ4n) is 1.64. The SMILES string of the molecule is Cc1ccc(C)c(Oc2ccc(CCl)c(Br)c2)c1. The Bertz CT molecular complexity index is 566. The van der Waals surface area contributed by atoms with E-state index in [9.17, 15) is 0 Å². The molecule has 0 atom stereocenters. The number of benzene rings is 2. The van der Waals surface area contributed by atoms with Gasteiger partial charge in [-0.2, -0.15) is 0 Å². The maximum Gasteiger partial charge on any atom is 0.130 e. The van der Waals surface area contributed by atoms with Crippen LogP contribution in [0.1, 0.15) is 16.7 Å². The van der Waals surface area contributed by atoms with Crippen LogP contribution >= 0.6 is 27.5 Å². The lowest BCUT2D eigenvalue weighted by molar-refractivity contribution is 0.478. The molecule has 0 aliphatic rings. The van der Waals surface area contributed by atoms with Gasteiger partial charge in [0, 0.05) is 10.4 Å². The first-order valence-corrected chi connectivity index (χ1v) is 7.02. The van der Waals surface area contributed by atoms with Crippen molar-refractivity contribution in [3.8, 4) is 11.5 Å². The molecule has 0 saturated carbocycles. The quantitative estimate of drug-likeness (QED) is 0.668. The van der Waals surface area contributed by atoms with Gasteiger partial charge in [-0.3, -0.25) is 0 Å². The molecule has 0 amide bonds. The van der Waals surface area contributed by atoms with E-state index in [-0.39, 0.29) is 0 Å². The number of hydrogen-bond acceptors (Lipinski definition) is 1. The van der Waals surface area contributed by atoms with E-state index in [0.29, 0.717) is 5.88 Å². The zero-order chi connectivity index (χ0) is 13.1. The molecule has 0 unspecified atom stereocenters. The Kier molecular flexibility index (Phi) is 4.31. The second-order valence-electron chi connectivity index (χ2n) is 4.26. The van der Waals surface area contributed by atoms with E-state index >= 15 is 0 Å². The molecule has 0 aliphatic heterocycles. The minimum absolute atomic E-state index is 0.490. The van der Waals surface area contributed by atoms with Gasteiger partial charge in [0.1, 0.15) is 11.5 Å². The Morgan fingerprint density at radius 3 is 2.56 bits per heavy atom. The van der Waals surface area contributed by atoms with Crippen LogP contribution in [0.25, 0.3) is 0 Å². The van der Waals surface area contributed by atoms with E-state index in [2.05, 4.69) is 35.0 Å². The highest BCUT2D eigenvalue weighted by molar-refractivity contribution is 9.10. The summed E-state index contributed by atoms with van der Waals surface area (Å²) in [7, 11) is 0. The minimum Gasteiger partial charge on any atom is -0.457 e. The molecule has 0 aliphatic carbocycles. The standard InChI is InChI=1S/C15H14BrClO/c1-10-3-4-11(2)15(7-10)18-13-6-5-12(9-17)14(16)8-13/h3-8H,9H2,1-2H3. The highest BCUT2D eigenvalue weighted by Crippen LogP contribution is 2.30. The van der Waals surface area contributed by atoms with E-state index < -0.39 is 0 Å². The third-order valence-corrected chi connectivity index (χ3v) is 3.77. The van der Waals surface area contributed by atoms with Crippen LogP contribution in [0.15, 0.2) is 40.9 Å². The molecule has 2 aromatic carbocycles. The summed E-state index contributed by atoms with van der Waals surface area (Å²) < 4.78 is 6.87. The van der Waals surface area contributed by atoms with Crippen LogP contribution in [-0.4, -0.2) is 0 Å². The maximum atomic E-state index is 5.90. The van der Waals surface area contributed by atoms with Crippen molar-refractivity contribution in [3.63, 3.8) is 0 Å². The molecular weight excluding hydrogens is 312 g/mol. The van der Waals surface area contributed by atoms with E-state index in [1.807, 2.05) is 31.2 Å². The van der Waals surface area contributed by atoms with Crippen LogP contribution in [0.2, 0.25) is 0 Å². The zero-order valence-corrected chi connectivity index (χ0v) is 12.7. The third-order valence-electron chi connectivity index (χ3n) is 2.74. The molecule has 0 aromatic heterocycles. The van der Waals surface area contributed by atoms with Crippen LogP contribution in [0.3, 0.4) is 0 Å². The lowest BCUT2D eigenvalue weighted by Crippen LogP contribution is -1.90. The molecular formula is C15H14BrClO. The van der Waals surface area contributed by atoms with Crippen molar-refractivity contribution in [1.82, 2.24) is 0 Å². The summed E-state index contributed by atoms with van der Waals surface area (Å²) in [6.07, 6.45) is 0. The number of rotatable bonds is 3. The van der Waals surface area contributed by atoms with Gasteiger partial charge >= 0.3 is 0 Å². The first-order chi connectivity index (χ1) is 8.60. The van der Waals surface area contributed by atoms with Crippen molar-refractivity contribution in [2.24, 2.45) is 0 Å². The Morgan fingerprint density at radius 1 is 1.11 bits per heavy atom. The molecule has 2 aromatic rings. The Labute approximate surface area is 121 Å². The van der Waals surface area contributed by atoms with Gasteiger partial charge in [-0.25, -0.2) is 0 Å². The lowest BCUT2D eigenvalue weighted by atomic mass is 10.1. The topological polar surface area (TPSA) is 9.23 Å². The van der Waals surface area contributed by atoms with Gasteiger partial charge in [0.05, 0.1) is 0 Å². The van der Waals surface area contributed by atoms with Crippen molar-refractivity contribution in [2.45, 2.75) is 19.7 Å². The van der Waals surface area contributed by atoms with Crippen molar-refractivity contribution in [3.05, 3.63) is 57.6 Å². The molecule has 94 valence electrons. The van der Waals surface area contributed by atoms with Crippen LogP contribution < -0.4 is 4.74 Å². The van der Waals surface area contributed by atoms with Gasteiger partial charge in [-0.15, -0.1) is 11.6 Å². The summed E-state index contributed by atoms with van der Waals surface area (Å²) in [5, 5.41) is 0. The summed E-state index contributed by atoms with van der Waals surface area (Å²) in [5.41, 5.74) is 3.37. The summed E-state index contributed by atoms with van der Waals surface area (Å²) >= 11 is 9.31. The summed E-state index contributed by atoms with van der Waals surface area (Å²) in [6, 6.07) is 12.0.